The van der Waals surface area contributed by atoms with E-state index in [1.807, 2.05) is 0 Å². The molecule has 4 aromatic rings. The van der Waals surface area contributed by atoms with Gasteiger partial charge in [-0.3, -0.25) is 9.59 Å². The summed E-state index contributed by atoms with van der Waals surface area (Å²) < 4.78 is 84.6. The third-order valence-corrected chi connectivity index (χ3v) is 10.1. The minimum absolute atomic E-state index is 0.0339. The number of nitrogens with zero attached hydrogens (tertiary/aromatic N) is 3. The quantitative estimate of drug-likeness (QED) is 0.322. The van der Waals surface area contributed by atoms with Crippen LogP contribution >= 0.6 is 0 Å². The van der Waals surface area contributed by atoms with Gasteiger partial charge in [0.1, 0.15) is 11.5 Å². The van der Waals surface area contributed by atoms with Crippen molar-refractivity contribution in [3.63, 3.8) is 0 Å². The lowest BCUT2D eigenvalue weighted by molar-refractivity contribution is -0.274. The van der Waals surface area contributed by atoms with Crippen LogP contribution in [-0.2, 0) is 14.8 Å². The summed E-state index contributed by atoms with van der Waals surface area (Å²) in [5.41, 5.74) is 6.37. The summed E-state index contributed by atoms with van der Waals surface area (Å²) in [5.74, 6) is -2.02. The number of amides is 2. The van der Waals surface area contributed by atoms with E-state index in [1.165, 1.54) is 11.0 Å². The van der Waals surface area contributed by atoms with Gasteiger partial charge in [0.2, 0.25) is 10.0 Å². The number of hydrogen-bond donors (Lipinski definition) is 1. The second-order valence-electron chi connectivity index (χ2n) is 11.4. The Bertz CT molecular complexity index is 1930. The molecule has 1 saturated heterocycles. The molecular formula is C29H29F3N4O7S. The van der Waals surface area contributed by atoms with Gasteiger partial charge in [-0.1, -0.05) is 5.16 Å². The van der Waals surface area contributed by atoms with Gasteiger partial charge in [0.25, 0.3) is 11.8 Å². The highest BCUT2D eigenvalue weighted by atomic mass is 32.2. The maximum atomic E-state index is 14.2. The minimum Gasteiger partial charge on any atom is -0.406 e. The molecule has 2 aromatic carbocycles. The molecule has 2 aromatic heterocycles. The molecule has 11 nitrogen and oxygen atoms in total. The summed E-state index contributed by atoms with van der Waals surface area (Å²) in [4.78, 5) is 28.6. The summed E-state index contributed by atoms with van der Waals surface area (Å²) in [6.45, 7) is 7.14. The van der Waals surface area contributed by atoms with E-state index in [2.05, 4.69) is 9.89 Å². The Morgan fingerprint density at radius 2 is 1.70 bits per heavy atom. The van der Waals surface area contributed by atoms with Gasteiger partial charge in [-0.2, -0.15) is 0 Å². The van der Waals surface area contributed by atoms with Crippen LogP contribution in [0.5, 0.6) is 5.75 Å². The number of nitrogens with two attached hydrogens (primary N) is 1. The lowest BCUT2D eigenvalue weighted by atomic mass is 9.96. The summed E-state index contributed by atoms with van der Waals surface area (Å²) in [5, 5.41) is 3.29. The van der Waals surface area contributed by atoms with E-state index in [1.54, 1.807) is 33.8 Å². The van der Waals surface area contributed by atoms with E-state index in [0.717, 1.165) is 16.1 Å². The fourth-order valence-electron chi connectivity index (χ4n) is 6.09. The number of aromatic nitrogens is 2. The Morgan fingerprint density at radius 1 is 1.05 bits per heavy atom. The van der Waals surface area contributed by atoms with Gasteiger partial charge in [-0.25, -0.2) is 12.4 Å². The van der Waals surface area contributed by atoms with Crippen molar-refractivity contribution in [1.29, 1.82) is 0 Å². The van der Waals surface area contributed by atoms with Crippen molar-refractivity contribution >= 4 is 43.6 Å². The van der Waals surface area contributed by atoms with Crippen LogP contribution in [0.15, 0.2) is 28.8 Å². The van der Waals surface area contributed by atoms with Crippen LogP contribution < -0.4 is 10.5 Å². The van der Waals surface area contributed by atoms with Crippen molar-refractivity contribution in [3.05, 3.63) is 46.8 Å². The number of alkyl halides is 3. The van der Waals surface area contributed by atoms with Gasteiger partial charge >= 0.3 is 6.36 Å². The molecule has 2 amide bonds. The zero-order valence-corrected chi connectivity index (χ0v) is 25.0. The van der Waals surface area contributed by atoms with E-state index < -0.39 is 39.2 Å². The zero-order chi connectivity index (χ0) is 31.9. The molecule has 3 heterocycles. The van der Waals surface area contributed by atoms with Crippen LogP contribution in [-0.4, -0.2) is 71.2 Å². The van der Waals surface area contributed by atoms with Crippen molar-refractivity contribution in [2.45, 2.75) is 64.4 Å². The monoisotopic (exact) mass is 634 g/mol. The van der Waals surface area contributed by atoms with Crippen molar-refractivity contribution in [2.75, 3.05) is 13.1 Å². The number of carbonyl (C=O) groups excluding carboxylic acids is 2. The Balaban J connectivity index is 1.77. The molecule has 234 valence electrons. The molecule has 0 bridgehead atoms. The van der Waals surface area contributed by atoms with Crippen LogP contribution in [0.3, 0.4) is 0 Å². The average molecular weight is 635 g/mol. The first kappa shape index (κ1) is 29.9. The summed E-state index contributed by atoms with van der Waals surface area (Å²) in [6, 6.07) is 4.84. The van der Waals surface area contributed by atoms with E-state index in [0.29, 0.717) is 35.4 Å². The first-order chi connectivity index (χ1) is 20.6. The van der Waals surface area contributed by atoms with E-state index in [9.17, 15) is 31.2 Å². The molecular weight excluding hydrogens is 605 g/mol. The van der Waals surface area contributed by atoms with Gasteiger partial charge in [0.15, 0.2) is 0 Å². The molecule has 0 radical (unpaired) electrons. The number of benzene rings is 2. The normalized spacial score (nSPS) is 19.6. The lowest BCUT2D eigenvalue weighted by Crippen LogP contribution is -2.48. The third kappa shape index (κ3) is 5.07. The Morgan fingerprint density at radius 3 is 2.25 bits per heavy atom. The maximum absolute atomic E-state index is 14.2. The maximum Gasteiger partial charge on any atom is 0.573 e. The van der Waals surface area contributed by atoms with Crippen molar-refractivity contribution in [2.24, 2.45) is 5.73 Å². The number of aryl methyl sites for hydroxylation is 2. The standard InChI is InChI=1S/C29H29F3N4O7S/c1-13-11-35(12-14(2)41-13)28(38)21-9-18(42-29(30,31)32)10-23-25(21)20-7-17(24-15(3)34-43-16(24)4)8-22(27(33)37)26(20)36(23)44(39,40)19-5-6-19/h7-10,13-14,19H,5-6,11-12H2,1-4H3,(H2,33,37). The summed E-state index contributed by atoms with van der Waals surface area (Å²) in [6.07, 6.45) is -5.23. The smallest absolute Gasteiger partial charge is 0.406 e. The minimum atomic E-state index is -5.14. The Hall–Kier alpha value is -4.11. The fraction of sp³-hybridized carbons (Fsp3) is 0.414. The zero-order valence-electron chi connectivity index (χ0n) is 24.2. The molecule has 0 spiro atoms. The van der Waals surface area contributed by atoms with Crippen LogP contribution in [0.4, 0.5) is 13.2 Å². The molecule has 2 unspecified atom stereocenters. The molecule has 1 aliphatic carbocycles. The number of hydrogen-bond acceptors (Lipinski definition) is 8. The number of fused-ring (bicyclic) bond motifs is 3. The van der Waals surface area contributed by atoms with E-state index in [-0.39, 0.29) is 58.2 Å². The van der Waals surface area contributed by atoms with Gasteiger partial charge in [0.05, 0.1) is 45.3 Å². The predicted octanol–water partition coefficient (Wildman–Crippen LogP) is 4.65. The number of carbonyl (C=O) groups is 2. The van der Waals surface area contributed by atoms with Gasteiger partial charge in [-0.15, -0.1) is 13.2 Å². The molecule has 2 aliphatic rings. The number of rotatable bonds is 6. The molecule has 15 heteroatoms. The van der Waals surface area contributed by atoms with Crippen LogP contribution in [0.1, 0.15) is 58.9 Å². The van der Waals surface area contributed by atoms with Crippen molar-refractivity contribution in [1.82, 2.24) is 14.0 Å². The number of ether oxygens (including phenoxy) is 2. The molecule has 2 N–H and O–H groups in total. The first-order valence-electron chi connectivity index (χ1n) is 13.9. The molecule has 2 fully saturated rings. The number of primary amides is 1. The second kappa shape index (κ2) is 10.2. The fourth-order valence-corrected chi connectivity index (χ4v) is 7.99. The van der Waals surface area contributed by atoms with Crippen molar-refractivity contribution in [3.8, 4) is 16.9 Å². The largest absolute Gasteiger partial charge is 0.573 e. The molecule has 1 aliphatic heterocycles. The molecule has 6 rings (SSSR count). The average Bonchev–Trinajstić information content (AvgIpc) is 3.65. The molecule has 44 heavy (non-hydrogen) atoms. The highest BCUT2D eigenvalue weighted by Gasteiger charge is 2.41. The highest BCUT2D eigenvalue weighted by Crippen LogP contribution is 2.44. The van der Waals surface area contributed by atoms with Crippen molar-refractivity contribution < 1.29 is 45.2 Å². The van der Waals surface area contributed by atoms with E-state index >= 15 is 0 Å². The Kier molecular flexibility index (Phi) is 6.96. The van der Waals surface area contributed by atoms with Crippen LogP contribution in [0.2, 0.25) is 0 Å². The SMILES string of the molecule is Cc1noc(C)c1-c1cc(C(N)=O)c2c(c1)c1c(C(=O)N3CC(C)OC(C)C3)cc(OC(F)(F)F)cc1n2S(=O)(=O)C1CC1. The summed E-state index contributed by atoms with van der Waals surface area (Å²) in [7, 11) is -4.26. The summed E-state index contributed by atoms with van der Waals surface area (Å²) >= 11 is 0. The third-order valence-electron chi connectivity index (χ3n) is 7.85. The van der Waals surface area contributed by atoms with E-state index in [4.69, 9.17) is 15.0 Å². The van der Waals surface area contributed by atoms with Crippen LogP contribution in [0, 0.1) is 13.8 Å². The topological polar surface area (TPSA) is 147 Å². The van der Waals surface area contributed by atoms with Gasteiger partial charge in [-0.05, 0) is 64.3 Å². The molecule has 2 atom stereocenters. The Labute approximate surface area is 249 Å². The first-order valence-corrected chi connectivity index (χ1v) is 15.4. The lowest BCUT2D eigenvalue weighted by Gasteiger charge is -2.35. The number of halogens is 3. The highest BCUT2D eigenvalue weighted by molar-refractivity contribution is 7.91. The number of morpholine rings is 1. The van der Waals surface area contributed by atoms with Gasteiger partial charge in [0, 0.05) is 35.5 Å². The van der Waals surface area contributed by atoms with Gasteiger partial charge < -0.3 is 24.6 Å². The van der Waals surface area contributed by atoms with Crippen LogP contribution in [0.25, 0.3) is 32.9 Å². The second-order valence-corrected chi connectivity index (χ2v) is 13.4. The molecule has 1 saturated carbocycles. The predicted molar refractivity (Wildman–Crippen MR) is 153 cm³/mol.